The van der Waals surface area contributed by atoms with Crippen molar-refractivity contribution in [3.05, 3.63) is 56.8 Å². The van der Waals surface area contributed by atoms with Gasteiger partial charge in [-0.2, -0.15) is 0 Å². The van der Waals surface area contributed by atoms with Crippen molar-refractivity contribution < 1.29 is 19.1 Å². The summed E-state index contributed by atoms with van der Waals surface area (Å²) in [5, 5.41) is 2.60. The van der Waals surface area contributed by atoms with E-state index >= 15 is 0 Å². The second kappa shape index (κ2) is 8.89. The Morgan fingerprint density at radius 3 is 2.44 bits per heavy atom. The molecule has 0 saturated heterocycles. The van der Waals surface area contributed by atoms with Crippen LogP contribution in [0, 0.1) is 0 Å². The summed E-state index contributed by atoms with van der Waals surface area (Å²) in [5.74, 6) is -0.626. The highest BCUT2D eigenvalue weighted by Crippen LogP contribution is 2.31. The molecule has 0 atom stereocenters. The molecule has 132 valence electrons. The van der Waals surface area contributed by atoms with Crippen LogP contribution in [-0.2, 0) is 16.1 Å². The van der Waals surface area contributed by atoms with Crippen LogP contribution in [0.4, 0.5) is 0 Å². The van der Waals surface area contributed by atoms with E-state index in [2.05, 4.69) is 10.3 Å². The number of rotatable bonds is 6. The van der Waals surface area contributed by atoms with Gasteiger partial charge in [0.2, 0.25) is 0 Å². The Labute approximate surface area is 159 Å². The van der Waals surface area contributed by atoms with Crippen molar-refractivity contribution in [2.75, 3.05) is 13.7 Å². The molecular formula is C16H13Cl3N2O4. The van der Waals surface area contributed by atoms with Gasteiger partial charge >= 0.3 is 5.97 Å². The number of hydrogen-bond acceptors (Lipinski definition) is 5. The van der Waals surface area contributed by atoms with E-state index in [1.165, 1.54) is 6.20 Å². The molecule has 9 heteroatoms. The molecule has 6 nitrogen and oxygen atoms in total. The van der Waals surface area contributed by atoms with Crippen LogP contribution in [-0.4, -0.2) is 30.6 Å². The van der Waals surface area contributed by atoms with E-state index in [0.29, 0.717) is 0 Å². The number of aromatic nitrogens is 1. The van der Waals surface area contributed by atoms with Crippen LogP contribution >= 0.6 is 34.8 Å². The van der Waals surface area contributed by atoms with Crippen LogP contribution in [0.2, 0.25) is 15.1 Å². The molecule has 0 aliphatic heterocycles. The number of halogens is 3. The maximum absolute atomic E-state index is 11.9. The molecule has 1 N–H and O–H groups in total. The maximum atomic E-state index is 11.9. The third kappa shape index (κ3) is 5.22. The molecule has 0 radical (unpaired) electrons. The van der Waals surface area contributed by atoms with Gasteiger partial charge in [0.05, 0.1) is 22.2 Å². The highest BCUT2D eigenvalue weighted by molar-refractivity contribution is 6.48. The Balaban J connectivity index is 1.85. The van der Waals surface area contributed by atoms with Crippen LogP contribution in [0.25, 0.3) is 0 Å². The summed E-state index contributed by atoms with van der Waals surface area (Å²) in [4.78, 5) is 27.4. The third-order valence-corrected chi connectivity index (χ3v) is 4.33. The lowest BCUT2D eigenvalue weighted by Crippen LogP contribution is -2.28. The fourth-order valence-electron chi connectivity index (χ4n) is 1.78. The fraction of sp³-hybridized carbons (Fsp3) is 0.188. The van der Waals surface area contributed by atoms with Gasteiger partial charge in [0.1, 0.15) is 5.75 Å². The van der Waals surface area contributed by atoms with Gasteiger partial charge in [-0.1, -0.05) is 46.9 Å². The number of hydrogen-bond donors (Lipinski definition) is 1. The number of carbonyl (C=O) groups excluding carboxylic acids is 2. The first-order chi connectivity index (χ1) is 11.9. The monoisotopic (exact) mass is 402 g/mol. The molecule has 0 unspecified atom stereocenters. The summed E-state index contributed by atoms with van der Waals surface area (Å²) in [6.45, 7) is -0.195. The first kappa shape index (κ1) is 19.3. The molecule has 0 bridgehead atoms. The van der Waals surface area contributed by atoms with Gasteiger partial charge in [-0.05, 0) is 17.7 Å². The van der Waals surface area contributed by atoms with Gasteiger partial charge in [-0.25, -0.2) is 9.78 Å². The molecule has 1 heterocycles. The number of ether oxygens (including phenoxy) is 2. The van der Waals surface area contributed by atoms with Gasteiger partial charge in [0.25, 0.3) is 5.91 Å². The van der Waals surface area contributed by atoms with E-state index in [4.69, 9.17) is 44.3 Å². The van der Waals surface area contributed by atoms with Crippen LogP contribution < -0.4 is 10.1 Å². The molecule has 0 aliphatic rings. The number of pyridine rings is 1. The quantitative estimate of drug-likeness (QED) is 0.747. The predicted molar refractivity (Wildman–Crippen MR) is 94.4 cm³/mol. The van der Waals surface area contributed by atoms with Crippen molar-refractivity contribution in [3.63, 3.8) is 0 Å². The van der Waals surface area contributed by atoms with Crippen molar-refractivity contribution in [2.45, 2.75) is 6.54 Å². The lowest BCUT2D eigenvalue weighted by atomic mass is 10.2. The first-order valence-corrected chi connectivity index (χ1v) is 8.12. The number of nitrogens with zero attached hydrogens (tertiary/aromatic N) is 1. The molecular weight excluding hydrogens is 391 g/mol. The zero-order chi connectivity index (χ0) is 18.4. The zero-order valence-corrected chi connectivity index (χ0v) is 15.3. The van der Waals surface area contributed by atoms with Gasteiger partial charge in [0, 0.05) is 12.7 Å². The standard InChI is InChI=1S/C16H13Cl3N2O4/c1-24-10-4-2-9(3-5-10)6-20-12(22)8-25-16(23)15-14(19)13(18)11(17)7-21-15/h2-5,7H,6,8H2,1H3,(H,20,22). The molecule has 2 aromatic rings. The molecule has 0 aliphatic carbocycles. The Kier molecular flexibility index (Phi) is 6.87. The first-order valence-electron chi connectivity index (χ1n) is 6.98. The molecule has 2 rings (SSSR count). The number of amides is 1. The Morgan fingerprint density at radius 1 is 1.12 bits per heavy atom. The van der Waals surface area contributed by atoms with Crippen molar-refractivity contribution >= 4 is 46.7 Å². The van der Waals surface area contributed by atoms with Gasteiger partial charge in [-0.15, -0.1) is 0 Å². The van der Waals surface area contributed by atoms with E-state index in [1.54, 1.807) is 19.2 Å². The second-order valence-electron chi connectivity index (χ2n) is 4.78. The molecule has 0 fully saturated rings. The predicted octanol–water partition coefficient (Wildman–Crippen LogP) is 3.52. The minimum atomic E-state index is -0.872. The van der Waals surface area contributed by atoms with Crippen LogP contribution in [0.15, 0.2) is 30.5 Å². The van der Waals surface area contributed by atoms with Gasteiger partial charge in [0.15, 0.2) is 12.3 Å². The molecule has 1 amide bonds. The summed E-state index contributed by atoms with van der Waals surface area (Å²) < 4.78 is 9.92. The van der Waals surface area contributed by atoms with Crippen LogP contribution in [0.5, 0.6) is 5.75 Å². The number of methoxy groups -OCH3 is 1. The van der Waals surface area contributed by atoms with Crippen LogP contribution in [0.3, 0.4) is 0 Å². The lowest BCUT2D eigenvalue weighted by Gasteiger charge is -2.08. The summed E-state index contributed by atoms with van der Waals surface area (Å²) in [5.41, 5.74) is 0.661. The van der Waals surface area contributed by atoms with E-state index in [0.717, 1.165) is 11.3 Å². The third-order valence-electron chi connectivity index (χ3n) is 3.09. The topological polar surface area (TPSA) is 77.5 Å². The summed E-state index contributed by atoms with van der Waals surface area (Å²) in [6.07, 6.45) is 1.18. The van der Waals surface area contributed by atoms with Crippen molar-refractivity contribution in [3.8, 4) is 5.75 Å². The van der Waals surface area contributed by atoms with Gasteiger partial charge < -0.3 is 14.8 Å². The van der Waals surface area contributed by atoms with E-state index in [1.807, 2.05) is 12.1 Å². The minimum absolute atomic E-state index is 0.00533. The zero-order valence-electron chi connectivity index (χ0n) is 13.0. The molecule has 1 aromatic heterocycles. The fourth-order valence-corrected chi connectivity index (χ4v) is 2.34. The van der Waals surface area contributed by atoms with Gasteiger partial charge in [-0.3, -0.25) is 4.79 Å². The summed E-state index contributed by atoms with van der Waals surface area (Å²) >= 11 is 17.4. The summed E-state index contributed by atoms with van der Waals surface area (Å²) in [7, 11) is 1.57. The molecule has 0 saturated carbocycles. The minimum Gasteiger partial charge on any atom is -0.497 e. The maximum Gasteiger partial charge on any atom is 0.359 e. The molecule has 0 spiro atoms. The number of esters is 1. The van der Waals surface area contributed by atoms with E-state index in [-0.39, 0.29) is 27.3 Å². The van der Waals surface area contributed by atoms with E-state index in [9.17, 15) is 9.59 Å². The second-order valence-corrected chi connectivity index (χ2v) is 5.95. The van der Waals surface area contributed by atoms with E-state index < -0.39 is 18.5 Å². The molecule has 1 aromatic carbocycles. The highest BCUT2D eigenvalue weighted by Gasteiger charge is 2.19. The SMILES string of the molecule is COc1ccc(CNC(=O)COC(=O)c2ncc(Cl)c(Cl)c2Cl)cc1. The highest BCUT2D eigenvalue weighted by atomic mass is 35.5. The van der Waals surface area contributed by atoms with Crippen molar-refractivity contribution in [1.29, 1.82) is 0 Å². The largest absolute Gasteiger partial charge is 0.497 e. The smallest absolute Gasteiger partial charge is 0.359 e. The molecule has 25 heavy (non-hydrogen) atoms. The number of nitrogens with one attached hydrogen (secondary N) is 1. The Morgan fingerprint density at radius 2 is 1.80 bits per heavy atom. The van der Waals surface area contributed by atoms with Crippen LogP contribution in [0.1, 0.15) is 16.1 Å². The lowest BCUT2D eigenvalue weighted by molar-refractivity contribution is -0.124. The Bertz CT molecular complexity index is 782. The number of benzene rings is 1. The Hall–Kier alpha value is -2.02. The van der Waals surface area contributed by atoms with Crippen molar-refractivity contribution in [2.24, 2.45) is 0 Å². The number of carbonyl (C=O) groups is 2. The normalized spacial score (nSPS) is 10.2. The average Bonchev–Trinajstić information content (AvgIpc) is 2.63. The average molecular weight is 404 g/mol. The van der Waals surface area contributed by atoms with Crippen molar-refractivity contribution in [1.82, 2.24) is 10.3 Å². The summed E-state index contributed by atoms with van der Waals surface area (Å²) in [6, 6.07) is 7.17.